The minimum absolute atomic E-state index is 0.560. The van der Waals surface area contributed by atoms with Crippen LogP contribution in [0.2, 0.25) is 0 Å². The molecule has 78 valence electrons. The average molecular weight is 211 g/mol. The van der Waals surface area contributed by atoms with Crippen LogP contribution in [0.25, 0.3) is 0 Å². The van der Waals surface area contributed by atoms with Crippen LogP contribution < -0.4 is 0 Å². The van der Waals surface area contributed by atoms with Gasteiger partial charge in [-0.3, -0.25) is 0 Å². The Morgan fingerprint density at radius 2 is 1.64 bits per heavy atom. The molecule has 0 aromatic heterocycles. The van der Waals surface area contributed by atoms with Crippen LogP contribution in [0, 0.1) is 22.7 Å². The maximum absolute atomic E-state index is 8.47. The number of hydrogen-bond donors (Lipinski definition) is 0. The van der Waals surface area contributed by atoms with Crippen molar-refractivity contribution in [3.63, 3.8) is 0 Å². The predicted molar refractivity (Wildman–Crippen MR) is 59.9 cm³/mol. The van der Waals surface area contributed by atoms with Gasteiger partial charge in [-0.15, -0.1) is 0 Å². The first-order chi connectivity index (χ1) is 6.85. The second-order valence-corrected chi connectivity index (χ2v) is 3.99. The van der Waals surface area contributed by atoms with Crippen LogP contribution in [0.1, 0.15) is 19.3 Å². The standard InChI is InChI=1S/C10H17N3S/c1-14-10-4-9-13(7-2-5-11)8-3-6-12/h2-4,7-10H2,1H3. The Morgan fingerprint density at radius 3 is 2.07 bits per heavy atom. The normalized spacial score (nSPS) is 9.71. The third kappa shape index (κ3) is 7.91. The SMILES string of the molecule is CSCCCN(CCC#N)CCC#N. The van der Waals surface area contributed by atoms with E-state index in [-0.39, 0.29) is 0 Å². The Labute approximate surface area is 90.7 Å². The van der Waals surface area contributed by atoms with E-state index >= 15 is 0 Å². The molecule has 0 radical (unpaired) electrons. The first-order valence-electron chi connectivity index (χ1n) is 4.80. The molecule has 0 fully saturated rings. The lowest BCUT2D eigenvalue weighted by Gasteiger charge is -2.19. The molecule has 0 aromatic rings. The van der Waals surface area contributed by atoms with Crippen molar-refractivity contribution in [3.8, 4) is 12.1 Å². The van der Waals surface area contributed by atoms with Crippen LogP contribution in [-0.2, 0) is 0 Å². The van der Waals surface area contributed by atoms with Gasteiger partial charge in [0.25, 0.3) is 0 Å². The summed E-state index contributed by atoms with van der Waals surface area (Å²) in [5.74, 6) is 1.15. The van der Waals surface area contributed by atoms with E-state index in [2.05, 4.69) is 23.3 Å². The quantitative estimate of drug-likeness (QED) is 0.575. The van der Waals surface area contributed by atoms with Gasteiger partial charge in [-0.05, 0) is 25.0 Å². The van der Waals surface area contributed by atoms with E-state index in [0.29, 0.717) is 12.8 Å². The molecule has 4 heteroatoms. The molecule has 14 heavy (non-hydrogen) atoms. The molecule has 0 aliphatic carbocycles. The highest BCUT2D eigenvalue weighted by atomic mass is 32.2. The van der Waals surface area contributed by atoms with Crippen molar-refractivity contribution in [2.75, 3.05) is 31.6 Å². The van der Waals surface area contributed by atoms with Crippen LogP contribution in [-0.4, -0.2) is 36.5 Å². The largest absolute Gasteiger partial charge is 0.301 e. The van der Waals surface area contributed by atoms with Crippen LogP contribution in [0.4, 0.5) is 0 Å². The van der Waals surface area contributed by atoms with Gasteiger partial charge >= 0.3 is 0 Å². The summed E-state index contributed by atoms with van der Waals surface area (Å²) in [6.45, 7) is 2.60. The molecule has 0 saturated heterocycles. The number of hydrogen-bond acceptors (Lipinski definition) is 4. The van der Waals surface area contributed by atoms with E-state index in [9.17, 15) is 0 Å². The van der Waals surface area contributed by atoms with Crippen molar-refractivity contribution in [3.05, 3.63) is 0 Å². The molecule has 0 N–H and O–H groups in total. The van der Waals surface area contributed by atoms with Crippen LogP contribution in [0.15, 0.2) is 0 Å². The molecule has 0 bridgehead atoms. The third-order valence-electron chi connectivity index (χ3n) is 1.90. The Morgan fingerprint density at radius 1 is 1.07 bits per heavy atom. The number of rotatable bonds is 8. The predicted octanol–water partition coefficient (Wildman–Crippen LogP) is 1.87. The van der Waals surface area contributed by atoms with E-state index in [1.54, 1.807) is 0 Å². The molecule has 3 nitrogen and oxygen atoms in total. The van der Waals surface area contributed by atoms with Gasteiger partial charge in [0.1, 0.15) is 0 Å². The minimum Gasteiger partial charge on any atom is -0.301 e. The molecule has 0 saturated carbocycles. The lowest BCUT2D eigenvalue weighted by atomic mass is 10.3. The Kier molecular flexibility index (Phi) is 9.85. The molecule has 0 heterocycles. The maximum atomic E-state index is 8.47. The van der Waals surface area contributed by atoms with Crippen molar-refractivity contribution in [1.82, 2.24) is 4.90 Å². The molecule has 0 amide bonds. The maximum Gasteiger partial charge on any atom is 0.0635 e. The lowest BCUT2D eigenvalue weighted by Crippen LogP contribution is -2.27. The zero-order valence-electron chi connectivity index (χ0n) is 8.70. The monoisotopic (exact) mass is 211 g/mol. The van der Waals surface area contributed by atoms with E-state index in [1.165, 1.54) is 0 Å². The second kappa shape index (κ2) is 10.4. The minimum atomic E-state index is 0.560. The summed E-state index contributed by atoms with van der Waals surface area (Å²) in [5, 5.41) is 16.9. The lowest BCUT2D eigenvalue weighted by molar-refractivity contribution is 0.288. The van der Waals surface area contributed by atoms with E-state index in [4.69, 9.17) is 10.5 Å². The van der Waals surface area contributed by atoms with E-state index < -0.39 is 0 Å². The Balaban J connectivity index is 3.62. The molecule has 0 atom stereocenters. The fraction of sp³-hybridized carbons (Fsp3) is 0.800. The van der Waals surface area contributed by atoms with Crippen molar-refractivity contribution in [2.45, 2.75) is 19.3 Å². The average Bonchev–Trinajstić information content (AvgIpc) is 2.21. The summed E-state index contributed by atoms with van der Waals surface area (Å²) in [6, 6.07) is 4.27. The van der Waals surface area contributed by atoms with Crippen molar-refractivity contribution in [1.29, 1.82) is 10.5 Å². The number of nitrogens with zero attached hydrogens (tertiary/aromatic N) is 3. The van der Waals surface area contributed by atoms with Gasteiger partial charge in [-0.2, -0.15) is 22.3 Å². The van der Waals surface area contributed by atoms with Crippen molar-refractivity contribution in [2.24, 2.45) is 0 Å². The highest BCUT2D eigenvalue weighted by Gasteiger charge is 2.03. The molecule has 0 unspecified atom stereocenters. The molecular weight excluding hydrogens is 194 g/mol. The Bertz CT molecular complexity index is 186. The molecule has 0 rings (SSSR count). The van der Waals surface area contributed by atoms with Gasteiger partial charge in [0.2, 0.25) is 0 Å². The summed E-state index contributed by atoms with van der Waals surface area (Å²) in [4.78, 5) is 2.20. The van der Waals surface area contributed by atoms with Crippen LogP contribution >= 0.6 is 11.8 Å². The summed E-state index contributed by atoms with van der Waals surface area (Å²) in [7, 11) is 0. The molecule has 0 aromatic carbocycles. The molecule has 0 aliphatic heterocycles. The first kappa shape index (κ1) is 13.3. The third-order valence-corrected chi connectivity index (χ3v) is 2.60. The fourth-order valence-electron chi connectivity index (χ4n) is 1.18. The van der Waals surface area contributed by atoms with Crippen LogP contribution in [0.3, 0.4) is 0 Å². The smallest absolute Gasteiger partial charge is 0.0635 e. The van der Waals surface area contributed by atoms with Gasteiger partial charge in [0.15, 0.2) is 0 Å². The van der Waals surface area contributed by atoms with Crippen molar-refractivity contribution < 1.29 is 0 Å². The summed E-state index contributed by atoms with van der Waals surface area (Å²) in [5.41, 5.74) is 0. The van der Waals surface area contributed by atoms with Crippen LogP contribution in [0.5, 0.6) is 0 Å². The fourth-order valence-corrected chi connectivity index (χ4v) is 1.60. The van der Waals surface area contributed by atoms with Gasteiger partial charge in [0.05, 0.1) is 12.1 Å². The zero-order valence-corrected chi connectivity index (χ0v) is 9.52. The number of thioether (sulfide) groups is 1. The summed E-state index contributed by atoms with van der Waals surface area (Å²) < 4.78 is 0. The van der Waals surface area contributed by atoms with E-state index in [0.717, 1.165) is 31.8 Å². The van der Waals surface area contributed by atoms with Gasteiger partial charge in [-0.25, -0.2) is 0 Å². The van der Waals surface area contributed by atoms with Gasteiger partial charge < -0.3 is 4.90 Å². The second-order valence-electron chi connectivity index (χ2n) is 3.00. The van der Waals surface area contributed by atoms with Gasteiger partial charge in [-0.1, -0.05) is 0 Å². The molecule has 0 spiro atoms. The Hall–Kier alpha value is -0.710. The van der Waals surface area contributed by atoms with E-state index in [1.807, 2.05) is 11.8 Å². The van der Waals surface area contributed by atoms with Crippen molar-refractivity contribution >= 4 is 11.8 Å². The summed E-state index contributed by atoms with van der Waals surface area (Å²) >= 11 is 1.83. The topological polar surface area (TPSA) is 50.8 Å². The number of nitriles is 2. The summed E-state index contributed by atoms with van der Waals surface area (Å²) in [6.07, 6.45) is 4.35. The molecular formula is C10H17N3S. The van der Waals surface area contributed by atoms with Gasteiger partial charge in [0, 0.05) is 25.9 Å². The first-order valence-corrected chi connectivity index (χ1v) is 6.19. The zero-order chi connectivity index (χ0) is 10.6. The molecule has 0 aliphatic rings. The highest BCUT2D eigenvalue weighted by molar-refractivity contribution is 7.98. The highest BCUT2D eigenvalue weighted by Crippen LogP contribution is 2.00.